The molecule has 11 heavy (non-hydrogen) atoms. The fraction of sp³-hybridized carbons (Fsp3) is 0.714. The third kappa shape index (κ3) is 4.84. The summed E-state index contributed by atoms with van der Waals surface area (Å²) in [5, 5.41) is -0.519. The van der Waals surface area contributed by atoms with Gasteiger partial charge in [-0.3, -0.25) is 9.59 Å². The van der Waals surface area contributed by atoms with Gasteiger partial charge in [-0.15, -0.1) is 0 Å². The Hall–Kier alpha value is -0.510. The second-order valence-corrected chi connectivity index (χ2v) is 2.76. The molecule has 4 heteroatoms. The van der Waals surface area contributed by atoms with Gasteiger partial charge in [0.15, 0.2) is 0 Å². The van der Waals surface area contributed by atoms with Gasteiger partial charge in [-0.2, -0.15) is 12.6 Å². The third-order valence-electron chi connectivity index (χ3n) is 1.13. The molecule has 0 saturated heterocycles. The third-order valence-corrected chi connectivity index (χ3v) is 1.68. The SMILES string of the molecule is CCOC(=O)C[C@@H](S)C(C)=O. The fourth-order valence-corrected chi connectivity index (χ4v) is 0.671. The van der Waals surface area contributed by atoms with Crippen LogP contribution < -0.4 is 0 Å². The van der Waals surface area contributed by atoms with Gasteiger partial charge in [-0.1, -0.05) is 0 Å². The van der Waals surface area contributed by atoms with E-state index >= 15 is 0 Å². The number of hydrogen-bond acceptors (Lipinski definition) is 4. The number of carbonyl (C=O) groups excluding carboxylic acids is 2. The van der Waals surface area contributed by atoms with Crippen LogP contribution in [0.2, 0.25) is 0 Å². The summed E-state index contributed by atoms with van der Waals surface area (Å²) in [5.74, 6) is -0.482. The molecular formula is C7H12O3S. The molecule has 0 fully saturated rings. The van der Waals surface area contributed by atoms with Crippen LogP contribution in [0.25, 0.3) is 0 Å². The van der Waals surface area contributed by atoms with Crippen molar-refractivity contribution in [3.63, 3.8) is 0 Å². The zero-order valence-electron chi connectivity index (χ0n) is 6.66. The van der Waals surface area contributed by atoms with Crippen molar-refractivity contribution < 1.29 is 14.3 Å². The van der Waals surface area contributed by atoms with E-state index in [2.05, 4.69) is 17.4 Å². The summed E-state index contributed by atoms with van der Waals surface area (Å²) in [6, 6.07) is 0. The summed E-state index contributed by atoms with van der Waals surface area (Å²) in [6.07, 6.45) is 0.0618. The van der Waals surface area contributed by atoms with E-state index in [0.29, 0.717) is 6.61 Å². The molecule has 0 aliphatic carbocycles. The van der Waals surface area contributed by atoms with Gasteiger partial charge < -0.3 is 4.74 Å². The molecule has 0 amide bonds. The molecule has 0 aliphatic rings. The Labute approximate surface area is 71.5 Å². The van der Waals surface area contributed by atoms with Gasteiger partial charge >= 0.3 is 5.97 Å². The molecule has 0 saturated carbocycles. The molecule has 1 atom stereocenters. The van der Waals surface area contributed by atoms with Crippen molar-refractivity contribution >= 4 is 24.4 Å². The maximum absolute atomic E-state index is 10.7. The lowest BCUT2D eigenvalue weighted by atomic mass is 10.2. The number of esters is 1. The molecule has 0 N–H and O–H groups in total. The lowest BCUT2D eigenvalue weighted by Gasteiger charge is -2.04. The molecule has 0 unspecified atom stereocenters. The number of rotatable bonds is 4. The minimum Gasteiger partial charge on any atom is -0.466 e. The first-order valence-electron chi connectivity index (χ1n) is 3.42. The fourth-order valence-electron chi connectivity index (χ4n) is 0.522. The maximum atomic E-state index is 10.7. The molecule has 0 radical (unpaired) electrons. The van der Waals surface area contributed by atoms with Gasteiger partial charge in [-0.25, -0.2) is 0 Å². The van der Waals surface area contributed by atoms with Gasteiger partial charge in [-0.05, 0) is 13.8 Å². The van der Waals surface area contributed by atoms with Crippen LogP contribution >= 0.6 is 12.6 Å². The van der Waals surface area contributed by atoms with E-state index < -0.39 is 5.25 Å². The van der Waals surface area contributed by atoms with Crippen molar-refractivity contribution in [1.82, 2.24) is 0 Å². The van der Waals surface area contributed by atoms with Crippen molar-refractivity contribution in [2.75, 3.05) is 6.61 Å². The average Bonchev–Trinajstić information content (AvgIpc) is 1.87. The summed E-state index contributed by atoms with van der Waals surface area (Å²) >= 11 is 3.91. The summed E-state index contributed by atoms with van der Waals surface area (Å²) in [5.41, 5.74) is 0. The lowest BCUT2D eigenvalue weighted by molar-refractivity contribution is -0.143. The molecular weight excluding hydrogens is 164 g/mol. The van der Waals surface area contributed by atoms with Crippen LogP contribution in [0.15, 0.2) is 0 Å². The minimum absolute atomic E-state index is 0.0618. The van der Waals surface area contributed by atoms with Crippen LogP contribution in [0.3, 0.4) is 0 Å². The van der Waals surface area contributed by atoms with Crippen molar-refractivity contribution in [2.24, 2.45) is 0 Å². The van der Waals surface area contributed by atoms with E-state index in [0.717, 1.165) is 0 Å². The van der Waals surface area contributed by atoms with Gasteiger partial charge in [0, 0.05) is 0 Å². The highest BCUT2D eigenvalue weighted by atomic mass is 32.1. The maximum Gasteiger partial charge on any atom is 0.307 e. The summed E-state index contributed by atoms with van der Waals surface area (Å²) in [4.78, 5) is 21.3. The monoisotopic (exact) mass is 176 g/mol. The zero-order chi connectivity index (χ0) is 8.85. The normalized spacial score (nSPS) is 12.3. The van der Waals surface area contributed by atoms with E-state index in [1.54, 1.807) is 6.92 Å². The molecule has 0 aliphatic heterocycles. The molecule has 64 valence electrons. The highest BCUT2D eigenvalue weighted by Gasteiger charge is 2.13. The summed E-state index contributed by atoms with van der Waals surface area (Å²) in [6.45, 7) is 3.47. The van der Waals surface area contributed by atoms with Crippen LogP contribution in [0.5, 0.6) is 0 Å². The Morgan fingerprint density at radius 1 is 1.55 bits per heavy atom. The Bertz CT molecular complexity index is 156. The topological polar surface area (TPSA) is 43.4 Å². The first-order valence-corrected chi connectivity index (χ1v) is 3.93. The Kier molecular flexibility index (Phi) is 4.94. The van der Waals surface area contributed by atoms with Crippen molar-refractivity contribution in [3.05, 3.63) is 0 Å². The standard InChI is InChI=1S/C7H12O3S/c1-3-10-7(9)4-6(11)5(2)8/h6,11H,3-4H2,1-2H3/t6-/m1/s1. The van der Waals surface area contributed by atoms with Crippen molar-refractivity contribution in [1.29, 1.82) is 0 Å². The van der Waals surface area contributed by atoms with Crippen molar-refractivity contribution in [2.45, 2.75) is 25.5 Å². The second kappa shape index (κ2) is 5.18. The first-order chi connectivity index (χ1) is 5.07. The Morgan fingerprint density at radius 3 is 2.45 bits per heavy atom. The molecule has 0 rings (SSSR count). The number of ketones is 1. The average molecular weight is 176 g/mol. The number of hydrogen-bond donors (Lipinski definition) is 1. The van der Waals surface area contributed by atoms with Gasteiger partial charge in [0.1, 0.15) is 5.78 Å². The predicted molar refractivity (Wildman–Crippen MR) is 44.7 cm³/mol. The number of thiol groups is 1. The van der Waals surface area contributed by atoms with Crippen molar-refractivity contribution in [3.8, 4) is 0 Å². The number of Topliss-reactive ketones (excluding diaryl/α,β-unsaturated/α-hetero) is 1. The largest absolute Gasteiger partial charge is 0.466 e. The number of ether oxygens (including phenoxy) is 1. The van der Waals surface area contributed by atoms with E-state index in [1.807, 2.05) is 0 Å². The van der Waals surface area contributed by atoms with Crippen LogP contribution in [-0.4, -0.2) is 23.6 Å². The minimum atomic E-state index is -0.519. The molecule has 0 aromatic carbocycles. The highest BCUT2D eigenvalue weighted by Crippen LogP contribution is 2.03. The summed E-state index contributed by atoms with van der Waals surface area (Å²) < 4.78 is 4.62. The molecule has 3 nitrogen and oxygen atoms in total. The summed E-state index contributed by atoms with van der Waals surface area (Å²) in [7, 11) is 0. The predicted octanol–water partition coefficient (Wildman–Crippen LogP) is 0.827. The first kappa shape index (κ1) is 10.5. The van der Waals surface area contributed by atoms with E-state index in [9.17, 15) is 9.59 Å². The van der Waals surface area contributed by atoms with Gasteiger partial charge in [0.2, 0.25) is 0 Å². The Morgan fingerprint density at radius 2 is 2.09 bits per heavy atom. The zero-order valence-corrected chi connectivity index (χ0v) is 7.56. The van der Waals surface area contributed by atoms with Crippen LogP contribution in [0.4, 0.5) is 0 Å². The lowest BCUT2D eigenvalue weighted by Crippen LogP contribution is -2.17. The van der Waals surface area contributed by atoms with E-state index in [1.165, 1.54) is 6.92 Å². The molecule has 0 spiro atoms. The molecule has 0 aromatic rings. The molecule has 0 bridgehead atoms. The quantitative estimate of drug-likeness (QED) is 0.509. The van der Waals surface area contributed by atoms with Crippen LogP contribution in [-0.2, 0) is 14.3 Å². The second-order valence-electron chi connectivity index (χ2n) is 2.14. The van der Waals surface area contributed by atoms with Crippen LogP contribution in [0, 0.1) is 0 Å². The molecule has 0 aromatic heterocycles. The smallest absolute Gasteiger partial charge is 0.307 e. The highest BCUT2D eigenvalue weighted by molar-refractivity contribution is 7.81. The molecule has 0 heterocycles. The van der Waals surface area contributed by atoms with Crippen LogP contribution in [0.1, 0.15) is 20.3 Å². The van der Waals surface area contributed by atoms with Gasteiger partial charge in [0.05, 0.1) is 18.3 Å². The van der Waals surface area contributed by atoms with E-state index in [-0.39, 0.29) is 18.2 Å². The van der Waals surface area contributed by atoms with E-state index in [4.69, 9.17) is 0 Å². The van der Waals surface area contributed by atoms with Gasteiger partial charge in [0.25, 0.3) is 0 Å². The Balaban J connectivity index is 3.66. The number of carbonyl (C=O) groups is 2.